The molecule has 0 bridgehead atoms. The summed E-state index contributed by atoms with van der Waals surface area (Å²) in [6, 6.07) is 6.96. The monoisotopic (exact) mass is 290 g/mol. The molecule has 1 aromatic heterocycles. The molecular formula is C17H23FN2O. The first kappa shape index (κ1) is 15.5. The molecule has 0 spiro atoms. The second kappa shape index (κ2) is 6.29. The van der Waals surface area contributed by atoms with Crippen LogP contribution in [0.5, 0.6) is 5.75 Å². The van der Waals surface area contributed by atoms with Crippen LogP contribution >= 0.6 is 0 Å². The third-order valence-corrected chi connectivity index (χ3v) is 3.94. The first-order valence-electron chi connectivity index (χ1n) is 7.30. The summed E-state index contributed by atoms with van der Waals surface area (Å²) in [5, 5.41) is 4.28. The van der Waals surface area contributed by atoms with E-state index in [0.29, 0.717) is 23.8 Å². The molecule has 0 saturated heterocycles. The number of rotatable bonds is 5. The highest BCUT2D eigenvalue weighted by atomic mass is 19.1. The Labute approximate surface area is 125 Å². The summed E-state index contributed by atoms with van der Waals surface area (Å²) in [6.07, 6.45) is 0. The van der Waals surface area contributed by atoms with Crippen LogP contribution in [0.3, 0.4) is 0 Å². The summed E-state index contributed by atoms with van der Waals surface area (Å²) < 4.78 is 21.5. The van der Waals surface area contributed by atoms with E-state index in [4.69, 9.17) is 4.74 Å². The molecule has 0 aliphatic heterocycles. The Balaban J connectivity index is 2.14. The quantitative estimate of drug-likeness (QED) is 0.825. The third-order valence-electron chi connectivity index (χ3n) is 3.94. The van der Waals surface area contributed by atoms with Gasteiger partial charge in [0.15, 0.2) is 0 Å². The minimum absolute atomic E-state index is 0.160. The first-order chi connectivity index (χ1) is 9.88. The van der Waals surface area contributed by atoms with Crippen LogP contribution in [-0.2, 0) is 13.7 Å². The minimum Gasteiger partial charge on any atom is -0.487 e. The third kappa shape index (κ3) is 3.63. The van der Waals surface area contributed by atoms with E-state index in [9.17, 15) is 4.39 Å². The van der Waals surface area contributed by atoms with E-state index >= 15 is 0 Å². The highest BCUT2D eigenvalue weighted by Gasteiger charge is 2.15. The highest BCUT2D eigenvalue weighted by Crippen LogP contribution is 2.29. The lowest BCUT2D eigenvalue weighted by Crippen LogP contribution is -2.06. The first-order valence-corrected chi connectivity index (χ1v) is 7.30. The fraction of sp³-hybridized carbons (Fsp3) is 0.471. The molecule has 0 fully saturated rings. The maximum atomic E-state index is 13.9. The van der Waals surface area contributed by atoms with Crippen LogP contribution in [0.25, 0.3) is 0 Å². The molecule has 0 saturated carbocycles. The zero-order valence-corrected chi connectivity index (χ0v) is 13.4. The van der Waals surface area contributed by atoms with Gasteiger partial charge in [-0.25, -0.2) is 4.39 Å². The van der Waals surface area contributed by atoms with E-state index in [1.54, 1.807) is 10.7 Å². The Morgan fingerprint density at radius 1 is 1.24 bits per heavy atom. The van der Waals surface area contributed by atoms with Crippen LogP contribution in [0.2, 0.25) is 0 Å². The van der Waals surface area contributed by atoms with Gasteiger partial charge in [0.25, 0.3) is 0 Å². The normalized spacial score (nSPS) is 12.7. The molecule has 3 nitrogen and oxygen atoms in total. The van der Waals surface area contributed by atoms with Crippen LogP contribution in [0, 0.1) is 18.7 Å². The van der Waals surface area contributed by atoms with E-state index in [2.05, 4.69) is 18.9 Å². The van der Waals surface area contributed by atoms with Crippen molar-refractivity contribution in [2.75, 3.05) is 0 Å². The lowest BCUT2D eigenvalue weighted by atomic mass is 9.90. The summed E-state index contributed by atoms with van der Waals surface area (Å²) in [7, 11) is 1.89. The standard InChI is InChI=1S/C17H23FN2O/c1-11(2)13(4)16-9-15(6-7-17(16)18)21-10-14-8-12(3)19-20(14)5/h6-9,11,13H,10H2,1-5H3. The molecule has 2 aromatic rings. The van der Waals surface area contributed by atoms with E-state index in [1.165, 1.54) is 6.07 Å². The molecule has 0 amide bonds. The fourth-order valence-corrected chi connectivity index (χ4v) is 2.28. The van der Waals surface area contributed by atoms with Gasteiger partial charge in [0.05, 0.1) is 11.4 Å². The van der Waals surface area contributed by atoms with Gasteiger partial charge in [-0.05, 0) is 48.6 Å². The number of ether oxygens (including phenoxy) is 1. The van der Waals surface area contributed by atoms with Gasteiger partial charge in [-0.1, -0.05) is 20.8 Å². The Morgan fingerprint density at radius 3 is 2.52 bits per heavy atom. The van der Waals surface area contributed by atoms with Gasteiger partial charge in [-0.15, -0.1) is 0 Å². The average Bonchev–Trinajstić information content (AvgIpc) is 2.75. The van der Waals surface area contributed by atoms with Crippen molar-refractivity contribution in [1.29, 1.82) is 0 Å². The van der Waals surface area contributed by atoms with Crippen LogP contribution in [-0.4, -0.2) is 9.78 Å². The molecule has 0 radical (unpaired) electrons. The molecule has 0 aliphatic rings. The minimum atomic E-state index is -0.167. The van der Waals surface area contributed by atoms with Gasteiger partial charge in [0, 0.05) is 7.05 Å². The van der Waals surface area contributed by atoms with Gasteiger partial charge < -0.3 is 4.74 Å². The summed E-state index contributed by atoms with van der Waals surface area (Å²) in [4.78, 5) is 0. The van der Waals surface area contributed by atoms with Crippen LogP contribution in [0.4, 0.5) is 4.39 Å². The smallest absolute Gasteiger partial charge is 0.130 e. The number of hydrogen-bond donors (Lipinski definition) is 0. The van der Waals surface area contributed by atoms with Crippen molar-refractivity contribution < 1.29 is 9.13 Å². The molecule has 1 heterocycles. The fourth-order valence-electron chi connectivity index (χ4n) is 2.28. The van der Waals surface area contributed by atoms with Crippen LogP contribution in [0.15, 0.2) is 24.3 Å². The maximum Gasteiger partial charge on any atom is 0.130 e. The van der Waals surface area contributed by atoms with Crippen molar-refractivity contribution in [1.82, 2.24) is 9.78 Å². The number of aromatic nitrogens is 2. The molecule has 0 aliphatic carbocycles. The van der Waals surface area contributed by atoms with Gasteiger partial charge in [0.1, 0.15) is 18.2 Å². The Hall–Kier alpha value is -1.84. The van der Waals surface area contributed by atoms with Crippen molar-refractivity contribution in [3.8, 4) is 5.75 Å². The topological polar surface area (TPSA) is 27.1 Å². The second-order valence-electron chi connectivity index (χ2n) is 5.91. The maximum absolute atomic E-state index is 13.9. The van der Waals surface area contributed by atoms with Gasteiger partial charge in [-0.3, -0.25) is 4.68 Å². The van der Waals surface area contributed by atoms with E-state index < -0.39 is 0 Å². The van der Waals surface area contributed by atoms with Crippen molar-refractivity contribution in [2.24, 2.45) is 13.0 Å². The molecule has 1 aromatic carbocycles. The Kier molecular flexibility index (Phi) is 4.66. The van der Waals surface area contributed by atoms with Gasteiger partial charge >= 0.3 is 0 Å². The molecule has 114 valence electrons. The van der Waals surface area contributed by atoms with E-state index in [-0.39, 0.29) is 11.7 Å². The predicted octanol–water partition coefficient (Wildman–Crippen LogP) is 4.21. The zero-order chi connectivity index (χ0) is 15.6. The zero-order valence-electron chi connectivity index (χ0n) is 13.4. The average molecular weight is 290 g/mol. The summed E-state index contributed by atoms with van der Waals surface area (Å²) in [5.41, 5.74) is 2.67. The van der Waals surface area contributed by atoms with Gasteiger partial charge in [-0.2, -0.15) is 5.10 Å². The summed E-state index contributed by atoms with van der Waals surface area (Å²) in [5.74, 6) is 1.07. The van der Waals surface area contributed by atoms with E-state index in [0.717, 1.165) is 11.4 Å². The van der Waals surface area contributed by atoms with Crippen molar-refractivity contribution in [3.05, 3.63) is 47.0 Å². The number of aryl methyl sites for hydroxylation is 2. The largest absolute Gasteiger partial charge is 0.487 e. The Morgan fingerprint density at radius 2 is 1.95 bits per heavy atom. The van der Waals surface area contributed by atoms with Crippen molar-refractivity contribution in [3.63, 3.8) is 0 Å². The molecule has 0 N–H and O–H groups in total. The molecule has 1 unspecified atom stereocenters. The SMILES string of the molecule is Cc1cc(COc2ccc(F)c(C(C)C(C)C)c2)n(C)n1. The molecular weight excluding hydrogens is 267 g/mol. The predicted molar refractivity (Wildman–Crippen MR) is 81.9 cm³/mol. The Bertz CT molecular complexity index is 619. The number of hydrogen-bond acceptors (Lipinski definition) is 2. The molecule has 21 heavy (non-hydrogen) atoms. The van der Waals surface area contributed by atoms with Crippen LogP contribution in [0.1, 0.15) is 43.6 Å². The van der Waals surface area contributed by atoms with Gasteiger partial charge in [0.2, 0.25) is 0 Å². The summed E-state index contributed by atoms with van der Waals surface area (Å²) in [6.45, 7) is 8.60. The highest BCUT2D eigenvalue weighted by molar-refractivity contribution is 5.32. The number of nitrogens with zero attached hydrogens (tertiary/aromatic N) is 2. The molecule has 1 atom stereocenters. The molecule has 4 heteroatoms. The number of halogens is 1. The lowest BCUT2D eigenvalue weighted by molar-refractivity contribution is 0.293. The van der Waals surface area contributed by atoms with Crippen molar-refractivity contribution >= 4 is 0 Å². The second-order valence-corrected chi connectivity index (χ2v) is 5.91. The van der Waals surface area contributed by atoms with Crippen LogP contribution < -0.4 is 4.74 Å². The number of benzene rings is 1. The van der Waals surface area contributed by atoms with E-state index in [1.807, 2.05) is 33.0 Å². The summed E-state index contributed by atoms with van der Waals surface area (Å²) >= 11 is 0. The van der Waals surface area contributed by atoms with Crippen molar-refractivity contribution in [2.45, 2.75) is 40.2 Å². The molecule has 2 rings (SSSR count). The lowest BCUT2D eigenvalue weighted by Gasteiger charge is -2.18.